The second kappa shape index (κ2) is 11.7. The zero-order valence-corrected chi connectivity index (χ0v) is 18.3. The number of anilines is 1. The smallest absolute Gasteiger partial charge is 0.240 e. The molecule has 0 spiro atoms. The van der Waals surface area contributed by atoms with E-state index in [1.165, 1.54) is 6.42 Å². The minimum absolute atomic E-state index is 0.0382. The number of allylic oxidation sites excluding steroid dienone is 2. The summed E-state index contributed by atoms with van der Waals surface area (Å²) in [7, 11) is 1.63. The Bertz CT molecular complexity index is 730. The number of ether oxygens (including phenoxy) is 1. The summed E-state index contributed by atoms with van der Waals surface area (Å²) in [4.78, 5) is 29.3. The maximum atomic E-state index is 13.0. The van der Waals surface area contributed by atoms with Crippen molar-refractivity contribution >= 4 is 17.5 Å². The fourth-order valence-corrected chi connectivity index (χ4v) is 3.60. The molecule has 2 rings (SSSR count). The van der Waals surface area contributed by atoms with Crippen LogP contribution in [0.3, 0.4) is 0 Å². The monoisotopic (exact) mass is 401 g/mol. The lowest BCUT2D eigenvalue weighted by Gasteiger charge is -2.29. The van der Waals surface area contributed by atoms with Gasteiger partial charge < -0.3 is 15.0 Å². The predicted molar refractivity (Wildman–Crippen MR) is 117 cm³/mol. The van der Waals surface area contributed by atoms with Crippen molar-refractivity contribution < 1.29 is 14.3 Å². The van der Waals surface area contributed by atoms with Gasteiger partial charge in [-0.15, -0.1) is 0 Å². The van der Waals surface area contributed by atoms with Crippen LogP contribution < -0.4 is 5.32 Å². The quantitative estimate of drug-likeness (QED) is 0.652. The molecule has 6 heteroatoms. The summed E-state index contributed by atoms with van der Waals surface area (Å²) in [5.41, 5.74) is 4.13. The highest BCUT2D eigenvalue weighted by Crippen LogP contribution is 2.21. The van der Waals surface area contributed by atoms with Gasteiger partial charge in [-0.3, -0.25) is 14.5 Å². The first-order valence-corrected chi connectivity index (χ1v) is 10.5. The summed E-state index contributed by atoms with van der Waals surface area (Å²) in [5, 5.41) is 2.98. The number of nitrogens with one attached hydrogen (secondary N) is 1. The Balaban J connectivity index is 2.01. The maximum Gasteiger partial charge on any atom is 0.240 e. The van der Waals surface area contributed by atoms with Gasteiger partial charge in [-0.1, -0.05) is 18.2 Å². The molecule has 6 nitrogen and oxygen atoms in total. The molecule has 0 unspecified atom stereocenters. The Morgan fingerprint density at radius 2 is 1.97 bits per heavy atom. The highest BCUT2D eigenvalue weighted by atomic mass is 16.5. The van der Waals surface area contributed by atoms with Gasteiger partial charge in [-0.25, -0.2) is 0 Å². The number of benzene rings is 1. The highest BCUT2D eigenvalue weighted by Gasteiger charge is 2.22. The number of hydrogen-bond acceptors (Lipinski definition) is 4. The second-order valence-corrected chi connectivity index (χ2v) is 7.58. The van der Waals surface area contributed by atoms with E-state index < -0.39 is 0 Å². The number of hydrogen-bond donors (Lipinski definition) is 1. The van der Waals surface area contributed by atoms with Gasteiger partial charge >= 0.3 is 0 Å². The van der Waals surface area contributed by atoms with Crippen molar-refractivity contribution in [2.24, 2.45) is 0 Å². The van der Waals surface area contributed by atoms with Gasteiger partial charge in [0.25, 0.3) is 0 Å². The summed E-state index contributed by atoms with van der Waals surface area (Å²) in [6.45, 7) is 8.02. The molecule has 0 aromatic heterocycles. The van der Waals surface area contributed by atoms with Crippen LogP contribution in [0.4, 0.5) is 5.69 Å². The van der Waals surface area contributed by atoms with Crippen molar-refractivity contribution in [2.45, 2.75) is 46.5 Å². The van der Waals surface area contributed by atoms with E-state index in [4.69, 9.17) is 4.74 Å². The Kier molecular flexibility index (Phi) is 9.35. The van der Waals surface area contributed by atoms with E-state index in [0.717, 1.165) is 41.8 Å². The van der Waals surface area contributed by atoms with E-state index in [-0.39, 0.29) is 24.9 Å². The number of amides is 2. The zero-order chi connectivity index (χ0) is 21.2. The molecule has 0 radical (unpaired) electrons. The SMILES string of the molecule is CCN(C(=O)CN(CCOC)CC(=O)Nc1cccc(C)c1C)C1=CCCCC1. The average molecular weight is 402 g/mol. The standard InChI is InChI=1S/C23H35N3O3/c1-5-26(20-11-7-6-8-12-20)23(28)17-25(14-15-29-4)16-22(27)24-21-13-9-10-18(2)19(21)3/h9-11,13H,5-8,12,14-17H2,1-4H3,(H,24,27). The Morgan fingerprint density at radius 3 is 2.62 bits per heavy atom. The van der Waals surface area contributed by atoms with Gasteiger partial charge in [0.1, 0.15) is 0 Å². The van der Waals surface area contributed by atoms with E-state index in [1.54, 1.807) is 7.11 Å². The van der Waals surface area contributed by atoms with E-state index in [1.807, 2.05) is 48.8 Å². The molecule has 0 saturated heterocycles. The molecule has 0 heterocycles. The molecule has 1 aromatic rings. The summed E-state index contributed by atoms with van der Waals surface area (Å²) < 4.78 is 5.18. The van der Waals surface area contributed by atoms with Crippen LogP contribution in [0.25, 0.3) is 0 Å². The molecular weight excluding hydrogens is 366 g/mol. The molecule has 0 saturated carbocycles. The number of carbonyl (C=O) groups excluding carboxylic acids is 2. The van der Waals surface area contributed by atoms with Crippen LogP contribution in [0.2, 0.25) is 0 Å². The molecule has 0 atom stereocenters. The van der Waals surface area contributed by atoms with Crippen LogP contribution in [-0.2, 0) is 14.3 Å². The summed E-state index contributed by atoms with van der Waals surface area (Å²) in [5.74, 6) is -0.0844. The Hall–Kier alpha value is -2.18. The van der Waals surface area contributed by atoms with Gasteiger partial charge in [-0.2, -0.15) is 0 Å². The number of aryl methyl sites for hydroxylation is 1. The Labute approximate surface area is 174 Å². The summed E-state index contributed by atoms with van der Waals surface area (Å²) in [6.07, 6.45) is 6.47. The molecule has 1 aromatic carbocycles. The van der Waals surface area contributed by atoms with Crippen molar-refractivity contribution in [3.8, 4) is 0 Å². The first-order valence-electron chi connectivity index (χ1n) is 10.5. The molecule has 1 N–H and O–H groups in total. The topological polar surface area (TPSA) is 61.9 Å². The summed E-state index contributed by atoms with van der Waals surface area (Å²) >= 11 is 0. The van der Waals surface area contributed by atoms with Crippen molar-refractivity contribution in [3.05, 3.63) is 41.1 Å². The third-order valence-corrected chi connectivity index (χ3v) is 5.45. The lowest BCUT2D eigenvalue weighted by molar-refractivity contribution is -0.131. The van der Waals surface area contributed by atoms with E-state index in [9.17, 15) is 9.59 Å². The van der Waals surface area contributed by atoms with Gasteiger partial charge in [-0.05, 0) is 63.6 Å². The lowest BCUT2D eigenvalue weighted by Crippen LogP contribution is -2.44. The fourth-order valence-electron chi connectivity index (χ4n) is 3.60. The van der Waals surface area contributed by atoms with E-state index in [0.29, 0.717) is 19.7 Å². The number of carbonyl (C=O) groups is 2. The molecule has 1 aliphatic carbocycles. The normalized spacial score (nSPS) is 13.9. The molecule has 0 bridgehead atoms. The number of likely N-dealkylation sites (N-methyl/N-ethyl adjacent to an activating group) is 1. The van der Waals surface area contributed by atoms with Gasteiger partial charge in [0, 0.05) is 31.6 Å². The molecular formula is C23H35N3O3. The second-order valence-electron chi connectivity index (χ2n) is 7.58. The zero-order valence-electron chi connectivity index (χ0n) is 18.3. The number of rotatable bonds is 10. The minimum Gasteiger partial charge on any atom is -0.383 e. The van der Waals surface area contributed by atoms with Crippen LogP contribution in [-0.4, -0.2) is 61.5 Å². The minimum atomic E-state index is -0.123. The van der Waals surface area contributed by atoms with Crippen molar-refractivity contribution in [2.75, 3.05) is 45.2 Å². The van der Waals surface area contributed by atoms with Crippen LogP contribution in [0.1, 0.15) is 43.7 Å². The fraction of sp³-hybridized carbons (Fsp3) is 0.565. The van der Waals surface area contributed by atoms with E-state index in [2.05, 4.69) is 11.4 Å². The summed E-state index contributed by atoms with van der Waals surface area (Å²) in [6, 6.07) is 5.86. The number of nitrogens with zero attached hydrogens (tertiary/aromatic N) is 2. The van der Waals surface area contributed by atoms with Crippen molar-refractivity contribution in [1.82, 2.24) is 9.80 Å². The van der Waals surface area contributed by atoms with Crippen molar-refractivity contribution in [1.29, 1.82) is 0 Å². The van der Waals surface area contributed by atoms with Crippen LogP contribution in [0.15, 0.2) is 30.0 Å². The third-order valence-electron chi connectivity index (χ3n) is 5.45. The van der Waals surface area contributed by atoms with Gasteiger partial charge in [0.05, 0.1) is 19.7 Å². The number of methoxy groups -OCH3 is 1. The van der Waals surface area contributed by atoms with Gasteiger partial charge in [0.15, 0.2) is 0 Å². The predicted octanol–water partition coefficient (Wildman–Crippen LogP) is 3.50. The molecule has 1 aliphatic rings. The van der Waals surface area contributed by atoms with Crippen molar-refractivity contribution in [3.63, 3.8) is 0 Å². The van der Waals surface area contributed by atoms with Crippen LogP contribution >= 0.6 is 0 Å². The maximum absolute atomic E-state index is 13.0. The highest BCUT2D eigenvalue weighted by molar-refractivity contribution is 5.93. The first-order chi connectivity index (χ1) is 14.0. The first kappa shape index (κ1) is 23.1. The third kappa shape index (κ3) is 6.98. The van der Waals surface area contributed by atoms with Crippen LogP contribution in [0.5, 0.6) is 0 Å². The van der Waals surface area contributed by atoms with E-state index >= 15 is 0 Å². The average Bonchev–Trinajstić information content (AvgIpc) is 2.71. The largest absolute Gasteiger partial charge is 0.383 e. The molecule has 2 amide bonds. The molecule has 29 heavy (non-hydrogen) atoms. The van der Waals surface area contributed by atoms with Crippen LogP contribution in [0, 0.1) is 13.8 Å². The Morgan fingerprint density at radius 1 is 1.17 bits per heavy atom. The van der Waals surface area contributed by atoms with Gasteiger partial charge in [0.2, 0.25) is 11.8 Å². The molecule has 0 aliphatic heterocycles. The molecule has 0 fully saturated rings. The lowest BCUT2D eigenvalue weighted by atomic mass is 10.0. The molecule has 160 valence electrons.